The van der Waals surface area contributed by atoms with Crippen molar-refractivity contribution < 1.29 is 0 Å². The van der Waals surface area contributed by atoms with Crippen molar-refractivity contribution in [2.45, 2.75) is 6.92 Å². The second-order valence-electron chi connectivity index (χ2n) is 4.15. The van der Waals surface area contributed by atoms with Crippen LogP contribution in [0, 0.1) is 6.92 Å². The van der Waals surface area contributed by atoms with Crippen LogP contribution in [0.5, 0.6) is 0 Å². The predicted octanol–water partition coefficient (Wildman–Crippen LogP) is 2.89. The second kappa shape index (κ2) is 3.63. The summed E-state index contributed by atoms with van der Waals surface area (Å²) < 4.78 is 2.03. The van der Waals surface area contributed by atoms with Crippen LogP contribution in [0.3, 0.4) is 0 Å². The third-order valence-corrected chi connectivity index (χ3v) is 2.94. The first-order valence-corrected chi connectivity index (χ1v) is 5.54. The minimum absolute atomic E-state index is 0.741. The quantitative estimate of drug-likeness (QED) is 0.689. The number of pyridine rings is 1. The molecule has 0 aliphatic carbocycles. The number of benzene rings is 1. The molecule has 3 rings (SSSR count). The Hall–Kier alpha value is -2.29. The fourth-order valence-electron chi connectivity index (χ4n) is 2.03. The van der Waals surface area contributed by atoms with Crippen molar-refractivity contribution in [3.8, 4) is 11.4 Å². The Morgan fingerprint density at radius 2 is 1.94 bits per heavy atom. The van der Waals surface area contributed by atoms with Crippen LogP contribution >= 0.6 is 0 Å². The molecule has 0 saturated carbocycles. The fraction of sp³-hybridized carbons (Fsp3) is 0.0714. The zero-order valence-corrected chi connectivity index (χ0v) is 9.59. The van der Waals surface area contributed by atoms with Crippen LogP contribution in [0.4, 0.5) is 5.69 Å². The Kier molecular flexibility index (Phi) is 2.11. The smallest absolute Gasteiger partial charge is 0.144 e. The summed E-state index contributed by atoms with van der Waals surface area (Å²) in [6.45, 7) is 2.09. The molecule has 0 spiro atoms. The van der Waals surface area contributed by atoms with Gasteiger partial charge in [0.15, 0.2) is 0 Å². The van der Waals surface area contributed by atoms with Crippen LogP contribution in [-0.2, 0) is 0 Å². The van der Waals surface area contributed by atoms with E-state index >= 15 is 0 Å². The molecule has 0 saturated heterocycles. The van der Waals surface area contributed by atoms with Crippen LogP contribution in [0.1, 0.15) is 5.56 Å². The normalized spacial score (nSPS) is 10.9. The molecule has 3 aromatic rings. The zero-order chi connectivity index (χ0) is 11.8. The first-order valence-electron chi connectivity index (χ1n) is 5.54. The monoisotopic (exact) mass is 223 g/mol. The molecular weight excluding hydrogens is 210 g/mol. The van der Waals surface area contributed by atoms with Gasteiger partial charge in [-0.15, -0.1) is 0 Å². The Bertz CT molecular complexity index is 683. The molecule has 2 aromatic heterocycles. The Morgan fingerprint density at radius 3 is 2.76 bits per heavy atom. The molecule has 2 N–H and O–H groups in total. The van der Waals surface area contributed by atoms with Crippen molar-refractivity contribution in [2.24, 2.45) is 0 Å². The molecule has 17 heavy (non-hydrogen) atoms. The molecule has 0 unspecified atom stereocenters. The summed E-state index contributed by atoms with van der Waals surface area (Å²) >= 11 is 0. The molecule has 0 fully saturated rings. The highest BCUT2D eigenvalue weighted by Crippen LogP contribution is 2.23. The maximum atomic E-state index is 5.82. The number of nitrogen functional groups attached to an aromatic ring is 1. The lowest BCUT2D eigenvalue weighted by Gasteiger charge is -2.05. The van der Waals surface area contributed by atoms with Gasteiger partial charge >= 0.3 is 0 Å². The number of nitrogens with zero attached hydrogens (tertiary/aromatic N) is 2. The minimum atomic E-state index is 0.741. The molecule has 3 nitrogen and oxygen atoms in total. The van der Waals surface area contributed by atoms with E-state index in [1.54, 1.807) is 0 Å². The largest absolute Gasteiger partial charge is 0.398 e. The summed E-state index contributed by atoms with van der Waals surface area (Å²) in [6, 6.07) is 12.1. The van der Waals surface area contributed by atoms with E-state index < -0.39 is 0 Å². The van der Waals surface area contributed by atoms with E-state index in [0.29, 0.717) is 0 Å². The summed E-state index contributed by atoms with van der Waals surface area (Å²) in [5, 5.41) is 0. The van der Waals surface area contributed by atoms with Crippen LogP contribution in [-0.4, -0.2) is 9.38 Å². The van der Waals surface area contributed by atoms with Gasteiger partial charge in [0.1, 0.15) is 5.82 Å². The van der Waals surface area contributed by atoms with E-state index in [9.17, 15) is 0 Å². The van der Waals surface area contributed by atoms with Crippen molar-refractivity contribution >= 4 is 11.2 Å². The summed E-state index contributed by atoms with van der Waals surface area (Å²) in [7, 11) is 0. The van der Waals surface area contributed by atoms with Gasteiger partial charge in [-0.3, -0.25) is 4.40 Å². The topological polar surface area (TPSA) is 43.3 Å². The Morgan fingerprint density at radius 1 is 1.12 bits per heavy atom. The van der Waals surface area contributed by atoms with Crippen molar-refractivity contribution in [1.82, 2.24) is 9.38 Å². The molecule has 0 amide bonds. The first kappa shape index (κ1) is 9.90. The zero-order valence-electron chi connectivity index (χ0n) is 9.59. The number of hydrogen-bond acceptors (Lipinski definition) is 2. The molecule has 0 atom stereocenters. The van der Waals surface area contributed by atoms with E-state index in [4.69, 9.17) is 5.73 Å². The van der Waals surface area contributed by atoms with Crippen molar-refractivity contribution in [3.63, 3.8) is 0 Å². The van der Waals surface area contributed by atoms with E-state index in [1.807, 2.05) is 41.1 Å². The number of imidazole rings is 1. The number of aromatic nitrogens is 2. The van der Waals surface area contributed by atoms with Gasteiger partial charge < -0.3 is 5.73 Å². The number of nitrogens with two attached hydrogens (primary N) is 1. The average molecular weight is 223 g/mol. The maximum Gasteiger partial charge on any atom is 0.144 e. The van der Waals surface area contributed by atoms with Gasteiger partial charge in [-0.2, -0.15) is 0 Å². The first-order chi connectivity index (χ1) is 8.25. The number of hydrogen-bond donors (Lipinski definition) is 1. The highest BCUT2D eigenvalue weighted by atomic mass is 15.0. The molecule has 0 bridgehead atoms. The summed E-state index contributed by atoms with van der Waals surface area (Å²) in [5.74, 6) is 0.936. The Labute approximate surface area is 99.5 Å². The van der Waals surface area contributed by atoms with Crippen LogP contribution in [0.2, 0.25) is 0 Å². The third-order valence-electron chi connectivity index (χ3n) is 2.94. The second-order valence-corrected chi connectivity index (χ2v) is 4.15. The van der Waals surface area contributed by atoms with E-state index in [-0.39, 0.29) is 0 Å². The maximum absolute atomic E-state index is 5.82. The fourth-order valence-corrected chi connectivity index (χ4v) is 2.03. The van der Waals surface area contributed by atoms with Gasteiger partial charge in [0.05, 0.1) is 11.7 Å². The van der Waals surface area contributed by atoms with Crippen molar-refractivity contribution in [3.05, 3.63) is 54.4 Å². The van der Waals surface area contributed by atoms with Crippen LogP contribution < -0.4 is 5.73 Å². The number of fused-ring (bicyclic) bond motifs is 1. The predicted molar refractivity (Wildman–Crippen MR) is 69.8 cm³/mol. The molecule has 1 aromatic carbocycles. The van der Waals surface area contributed by atoms with Crippen LogP contribution in [0.25, 0.3) is 16.9 Å². The van der Waals surface area contributed by atoms with Gasteiger partial charge in [-0.05, 0) is 24.6 Å². The average Bonchev–Trinajstić information content (AvgIpc) is 2.72. The molecule has 0 radical (unpaired) electrons. The van der Waals surface area contributed by atoms with Crippen molar-refractivity contribution in [2.75, 3.05) is 5.73 Å². The molecule has 0 aliphatic heterocycles. The van der Waals surface area contributed by atoms with Gasteiger partial charge in [0.2, 0.25) is 0 Å². The van der Waals surface area contributed by atoms with Crippen molar-refractivity contribution in [1.29, 1.82) is 0 Å². The van der Waals surface area contributed by atoms with Gasteiger partial charge in [0.25, 0.3) is 0 Å². The molecule has 0 aliphatic rings. The van der Waals surface area contributed by atoms with Crippen LogP contribution in [0.15, 0.2) is 48.8 Å². The van der Waals surface area contributed by atoms with E-state index in [2.05, 4.69) is 24.0 Å². The standard InChI is InChI=1S/C14H13N3/c1-10-4-2-3-5-13(10)14-16-8-12-7-6-11(15)9-17(12)14/h2-9H,15H2,1H3. The number of anilines is 1. The molecule has 3 heteroatoms. The summed E-state index contributed by atoms with van der Waals surface area (Å²) in [5.41, 5.74) is 9.96. The summed E-state index contributed by atoms with van der Waals surface area (Å²) in [6.07, 6.45) is 3.77. The molecular formula is C14H13N3. The highest BCUT2D eigenvalue weighted by Gasteiger charge is 2.08. The Balaban J connectivity index is 2.31. The van der Waals surface area contributed by atoms with Gasteiger partial charge in [-0.25, -0.2) is 4.98 Å². The third kappa shape index (κ3) is 1.56. The minimum Gasteiger partial charge on any atom is -0.398 e. The lowest BCUT2D eigenvalue weighted by atomic mass is 10.1. The van der Waals surface area contributed by atoms with Gasteiger partial charge in [-0.1, -0.05) is 24.3 Å². The SMILES string of the molecule is Cc1ccccc1-c1ncc2ccc(N)cn12. The lowest BCUT2D eigenvalue weighted by Crippen LogP contribution is -1.94. The number of rotatable bonds is 1. The molecule has 84 valence electrons. The number of aryl methyl sites for hydroxylation is 1. The molecule has 2 heterocycles. The van der Waals surface area contributed by atoms with E-state index in [1.165, 1.54) is 5.56 Å². The van der Waals surface area contributed by atoms with Gasteiger partial charge in [0, 0.05) is 17.4 Å². The lowest BCUT2D eigenvalue weighted by molar-refractivity contribution is 1.16. The van der Waals surface area contributed by atoms with E-state index in [0.717, 1.165) is 22.6 Å². The highest BCUT2D eigenvalue weighted by molar-refractivity contribution is 5.66. The summed E-state index contributed by atoms with van der Waals surface area (Å²) in [4.78, 5) is 4.47.